The second kappa shape index (κ2) is 9.71. The van der Waals surface area contributed by atoms with E-state index in [4.69, 9.17) is 15.0 Å². The molecule has 0 aliphatic carbocycles. The Morgan fingerprint density at radius 3 is 1.91 bits per heavy atom. The molecule has 4 heteroatoms. The molecule has 9 rings (SSSR count). The van der Waals surface area contributed by atoms with E-state index in [1.54, 1.807) is 0 Å². The Labute approximate surface area is 253 Å². The Kier molecular flexibility index (Phi) is 5.52. The molecule has 43 heavy (non-hydrogen) atoms. The molecule has 3 nitrogen and oxygen atoms in total. The van der Waals surface area contributed by atoms with Gasteiger partial charge in [0.1, 0.15) is 0 Å². The van der Waals surface area contributed by atoms with Crippen molar-refractivity contribution >= 4 is 66.1 Å². The number of benzene rings is 7. The first kappa shape index (κ1) is 24.4. The van der Waals surface area contributed by atoms with Gasteiger partial charge in [-0.3, -0.25) is 0 Å². The zero-order valence-corrected chi connectivity index (χ0v) is 24.7. The van der Waals surface area contributed by atoms with E-state index in [0.717, 1.165) is 22.1 Å². The Morgan fingerprint density at radius 1 is 0.395 bits per heavy atom. The third kappa shape index (κ3) is 3.99. The van der Waals surface area contributed by atoms with Crippen molar-refractivity contribution in [3.8, 4) is 34.2 Å². The molecule has 0 atom stereocenters. The molecule has 0 aliphatic rings. The molecule has 0 aliphatic heterocycles. The number of nitrogens with zero attached hydrogens (tertiary/aromatic N) is 3. The molecule has 0 unspecified atom stereocenters. The van der Waals surface area contributed by atoms with Crippen molar-refractivity contribution in [1.29, 1.82) is 0 Å². The Hall–Kier alpha value is -5.15. The average Bonchev–Trinajstić information content (AvgIpc) is 3.47. The normalized spacial score (nSPS) is 11.7. The van der Waals surface area contributed by atoms with Gasteiger partial charge in [0.25, 0.3) is 0 Å². The third-order valence-corrected chi connectivity index (χ3v) is 10.8. The molecule has 0 N–H and O–H groups in total. The Bertz CT molecular complexity index is 2510. The molecular weight excluding hydrogens is 589 g/mol. The van der Waals surface area contributed by atoms with Gasteiger partial charge < -0.3 is 0 Å². The van der Waals surface area contributed by atoms with Crippen LogP contribution in [-0.4, -0.2) is 29.5 Å². The van der Waals surface area contributed by atoms with Crippen LogP contribution in [0.15, 0.2) is 140 Å². The van der Waals surface area contributed by atoms with Crippen molar-refractivity contribution in [2.24, 2.45) is 0 Å². The number of hydrogen-bond donors (Lipinski definition) is 0. The van der Waals surface area contributed by atoms with E-state index >= 15 is 0 Å². The Balaban J connectivity index is 1.37. The number of rotatable bonds is 3. The molecular formula is C39H23N3Se. The van der Waals surface area contributed by atoms with E-state index in [1.165, 1.54) is 46.2 Å². The molecule has 7 aromatic carbocycles. The Morgan fingerprint density at radius 2 is 1.05 bits per heavy atom. The first-order valence-corrected chi connectivity index (χ1v) is 16.1. The molecule has 0 bridgehead atoms. The summed E-state index contributed by atoms with van der Waals surface area (Å²) in [5.74, 6) is 2.04. The summed E-state index contributed by atoms with van der Waals surface area (Å²) in [5, 5.41) is 10.0. The molecule has 0 saturated carbocycles. The van der Waals surface area contributed by atoms with Gasteiger partial charge in [0.05, 0.1) is 0 Å². The average molecular weight is 613 g/mol. The van der Waals surface area contributed by atoms with Crippen LogP contribution >= 0.6 is 0 Å². The fourth-order valence-corrected chi connectivity index (χ4v) is 8.87. The van der Waals surface area contributed by atoms with Crippen LogP contribution < -0.4 is 0 Å². The third-order valence-electron chi connectivity index (χ3n) is 8.28. The van der Waals surface area contributed by atoms with Crippen LogP contribution in [0.1, 0.15) is 0 Å². The molecule has 9 aromatic rings. The van der Waals surface area contributed by atoms with Gasteiger partial charge in [0.15, 0.2) is 0 Å². The van der Waals surface area contributed by atoms with E-state index in [2.05, 4.69) is 121 Å². The second-order valence-corrected chi connectivity index (χ2v) is 13.1. The SMILES string of the molecule is c1ccc(-c2nc(-c3ccc4ccccc4c3)nc(-c3cc4ccccc4c4c3ccc3c5ccccc5[se]c34)n2)cc1. The standard InChI is InChI=1S/C39H23N3Se/c1-2-11-25(12-3-1)37-40-38(28-19-18-24-10-4-5-13-26(24)22-28)42-39(41-37)33-23-27-14-6-7-15-29(27)35-31(33)20-21-32-30-16-8-9-17-34(30)43-36(32)35/h1-23H. The fourth-order valence-electron chi connectivity index (χ4n) is 6.22. The summed E-state index contributed by atoms with van der Waals surface area (Å²) in [7, 11) is 0. The number of aromatic nitrogens is 3. The summed E-state index contributed by atoms with van der Waals surface area (Å²) in [6, 6.07) is 49.4. The molecule has 0 radical (unpaired) electrons. The van der Waals surface area contributed by atoms with Gasteiger partial charge in [-0.05, 0) is 0 Å². The van der Waals surface area contributed by atoms with Gasteiger partial charge in [-0.1, -0.05) is 6.07 Å². The van der Waals surface area contributed by atoms with Crippen molar-refractivity contribution in [2.75, 3.05) is 0 Å². The van der Waals surface area contributed by atoms with Crippen molar-refractivity contribution < 1.29 is 0 Å². The van der Waals surface area contributed by atoms with Crippen molar-refractivity contribution in [3.63, 3.8) is 0 Å². The zero-order chi connectivity index (χ0) is 28.3. The summed E-state index contributed by atoms with van der Waals surface area (Å²) in [5.41, 5.74) is 2.98. The predicted octanol–water partition coefficient (Wildman–Crippen LogP) is 9.70. The van der Waals surface area contributed by atoms with Gasteiger partial charge in [0.2, 0.25) is 0 Å². The van der Waals surface area contributed by atoms with Crippen molar-refractivity contribution in [2.45, 2.75) is 0 Å². The van der Waals surface area contributed by atoms with Crippen LogP contribution in [-0.2, 0) is 0 Å². The summed E-state index contributed by atoms with van der Waals surface area (Å²) >= 11 is 0.220. The monoisotopic (exact) mass is 613 g/mol. The van der Waals surface area contributed by atoms with E-state index < -0.39 is 0 Å². The summed E-state index contributed by atoms with van der Waals surface area (Å²) < 4.78 is 2.88. The maximum atomic E-state index is 5.18. The quantitative estimate of drug-likeness (QED) is 0.147. The van der Waals surface area contributed by atoms with Crippen LogP contribution in [0, 0.1) is 0 Å². The molecule has 0 spiro atoms. The first-order chi connectivity index (χ1) is 21.3. The van der Waals surface area contributed by atoms with Gasteiger partial charge in [0, 0.05) is 0 Å². The molecule has 0 fully saturated rings. The first-order valence-electron chi connectivity index (χ1n) is 14.4. The minimum atomic E-state index is 0.220. The topological polar surface area (TPSA) is 38.7 Å². The van der Waals surface area contributed by atoms with Crippen LogP contribution in [0.3, 0.4) is 0 Å². The van der Waals surface area contributed by atoms with Gasteiger partial charge >= 0.3 is 249 Å². The maximum absolute atomic E-state index is 5.18. The molecule has 0 amide bonds. The van der Waals surface area contributed by atoms with Crippen molar-refractivity contribution in [1.82, 2.24) is 15.0 Å². The van der Waals surface area contributed by atoms with Crippen molar-refractivity contribution in [3.05, 3.63) is 140 Å². The number of fused-ring (bicyclic) bond motifs is 8. The number of hydrogen-bond acceptors (Lipinski definition) is 3. The van der Waals surface area contributed by atoms with Crippen LogP contribution in [0.2, 0.25) is 0 Å². The zero-order valence-electron chi connectivity index (χ0n) is 23.0. The van der Waals surface area contributed by atoms with Gasteiger partial charge in [-0.15, -0.1) is 0 Å². The molecule has 0 saturated heterocycles. The van der Waals surface area contributed by atoms with E-state index in [1.807, 2.05) is 18.2 Å². The molecule has 200 valence electrons. The summed E-state index contributed by atoms with van der Waals surface area (Å²) in [6.45, 7) is 0. The van der Waals surface area contributed by atoms with Gasteiger partial charge in [-0.25, -0.2) is 0 Å². The fraction of sp³-hybridized carbons (Fsp3) is 0. The van der Waals surface area contributed by atoms with E-state index in [-0.39, 0.29) is 14.5 Å². The summed E-state index contributed by atoms with van der Waals surface area (Å²) in [4.78, 5) is 15.3. The van der Waals surface area contributed by atoms with Crippen LogP contribution in [0.25, 0.3) is 85.8 Å². The van der Waals surface area contributed by atoms with E-state index in [0.29, 0.717) is 17.5 Å². The van der Waals surface area contributed by atoms with Crippen LogP contribution in [0.5, 0.6) is 0 Å². The van der Waals surface area contributed by atoms with E-state index in [9.17, 15) is 0 Å². The summed E-state index contributed by atoms with van der Waals surface area (Å²) in [6.07, 6.45) is 0. The second-order valence-electron chi connectivity index (χ2n) is 10.8. The van der Waals surface area contributed by atoms with Crippen LogP contribution in [0.4, 0.5) is 0 Å². The van der Waals surface area contributed by atoms with Gasteiger partial charge in [-0.2, -0.15) is 0 Å². The minimum absolute atomic E-state index is 0.220. The predicted molar refractivity (Wildman–Crippen MR) is 181 cm³/mol. The molecule has 2 heterocycles. The molecule has 2 aromatic heterocycles.